The summed E-state index contributed by atoms with van der Waals surface area (Å²) >= 11 is 0. The summed E-state index contributed by atoms with van der Waals surface area (Å²) in [6, 6.07) is 13.3. The molecule has 1 heterocycles. The molecule has 0 spiro atoms. The van der Waals surface area contributed by atoms with Gasteiger partial charge in [0.15, 0.2) is 0 Å². The van der Waals surface area contributed by atoms with Crippen LogP contribution in [0.15, 0.2) is 48.7 Å². The highest BCUT2D eigenvalue weighted by atomic mass is 16.5. The van der Waals surface area contributed by atoms with E-state index in [1.165, 1.54) is 6.92 Å². The Balaban J connectivity index is 1.76. The topological polar surface area (TPSA) is 71.5 Å². The number of aromatic nitrogens is 1. The number of carbonyl (C=O) groups excluding carboxylic acids is 2. The fourth-order valence-corrected chi connectivity index (χ4v) is 2.50. The lowest BCUT2D eigenvalue weighted by atomic mass is 10.1. The van der Waals surface area contributed by atoms with Crippen molar-refractivity contribution in [3.8, 4) is 5.75 Å². The van der Waals surface area contributed by atoms with Gasteiger partial charge in [-0.1, -0.05) is 18.2 Å². The summed E-state index contributed by atoms with van der Waals surface area (Å²) in [5, 5.41) is 2.83. The van der Waals surface area contributed by atoms with Gasteiger partial charge in [0.2, 0.25) is 11.8 Å². The summed E-state index contributed by atoms with van der Waals surface area (Å²) in [5.41, 5.74) is 1.93. The van der Waals surface area contributed by atoms with Gasteiger partial charge in [-0.3, -0.25) is 14.6 Å². The Morgan fingerprint density at radius 3 is 2.50 bits per heavy atom. The van der Waals surface area contributed by atoms with Gasteiger partial charge in [0.1, 0.15) is 5.75 Å². The lowest BCUT2D eigenvalue weighted by Gasteiger charge is -2.21. The Kier molecular flexibility index (Phi) is 7.61. The van der Waals surface area contributed by atoms with Gasteiger partial charge < -0.3 is 15.0 Å². The van der Waals surface area contributed by atoms with Crippen LogP contribution in [0.3, 0.4) is 0 Å². The van der Waals surface area contributed by atoms with E-state index in [9.17, 15) is 9.59 Å². The van der Waals surface area contributed by atoms with E-state index in [2.05, 4.69) is 10.3 Å². The molecule has 138 valence electrons. The number of carbonyl (C=O) groups is 2. The minimum atomic E-state index is -0.0913. The molecule has 0 radical (unpaired) electrons. The van der Waals surface area contributed by atoms with E-state index in [1.807, 2.05) is 42.5 Å². The highest BCUT2D eigenvalue weighted by Crippen LogP contribution is 2.12. The monoisotopic (exact) mass is 355 g/mol. The van der Waals surface area contributed by atoms with Crippen LogP contribution in [-0.2, 0) is 22.6 Å². The average Bonchev–Trinajstić information content (AvgIpc) is 2.67. The molecule has 0 unspecified atom stereocenters. The summed E-state index contributed by atoms with van der Waals surface area (Å²) in [4.78, 5) is 29.7. The van der Waals surface area contributed by atoms with Gasteiger partial charge >= 0.3 is 0 Å². The molecule has 6 heteroatoms. The molecule has 0 bridgehead atoms. The van der Waals surface area contributed by atoms with Crippen molar-refractivity contribution in [3.63, 3.8) is 0 Å². The summed E-state index contributed by atoms with van der Waals surface area (Å²) in [5.74, 6) is 0.684. The highest BCUT2D eigenvalue weighted by molar-refractivity contribution is 5.78. The van der Waals surface area contributed by atoms with E-state index >= 15 is 0 Å². The smallest absolute Gasteiger partial charge is 0.222 e. The number of ether oxygens (including phenoxy) is 1. The van der Waals surface area contributed by atoms with Crippen LogP contribution in [0.4, 0.5) is 0 Å². The zero-order chi connectivity index (χ0) is 18.8. The second-order valence-corrected chi connectivity index (χ2v) is 5.95. The van der Waals surface area contributed by atoms with Gasteiger partial charge in [0, 0.05) is 32.6 Å². The molecule has 1 aromatic carbocycles. The maximum absolute atomic E-state index is 12.0. The largest absolute Gasteiger partial charge is 0.497 e. The van der Waals surface area contributed by atoms with Gasteiger partial charge in [-0.05, 0) is 36.2 Å². The number of benzene rings is 1. The van der Waals surface area contributed by atoms with Gasteiger partial charge in [0.05, 0.1) is 19.3 Å². The van der Waals surface area contributed by atoms with E-state index in [0.717, 1.165) is 23.4 Å². The first-order chi connectivity index (χ1) is 12.6. The molecule has 0 saturated carbocycles. The Labute approximate surface area is 154 Å². The van der Waals surface area contributed by atoms with Crippen molar-refractivity contribution in [1.82, 2.24) is 15.2 Å². The lowest BCUT2D eigenvalue weighted by molar-refractivity contribution is -0.129. The average molecular weight is 355 g/mol. The van der Waals surface area contributed by atoms with Crippen LogP contribution in [0, 0.1) is 0 Å². The molecule has 0 atom stereocenters. The minimum Gasteiger partial charge on any atom is -0.497 e. The van der Waals surface area contributed by atoms with Crippen molar-refractivity contribution in [2.45, 2.75) is 26.3 Å². The summed E-state index contributed by atoms with van der Waals surface area (Å²) < 4.78 is 5.14. The number of amides is 2. The quantitative estimate of drug-likeness (QED) is 0.748. The second-order valence-electron chi connectivity index (χ2n) is 5.95. The predicted octanol–water partition coefficient (Wildman–Crippen LogP) is 2.19. The molecule has 2 aromatic rings. The third-order valence-corrected chi connectivity index (χ3v) is 4.08. The maximum atomic E-state index is 12.0. The summed E-state index contributed by atoms with van der Waals surface area (Å²) in [6.07, 6.45) is 2.70. The molecular weight excluding hydrogens is 330 g/mol. The van der Waals surface area contributed by atoms with E-state index in [4.69, 9.17) is 4.74 Å². The molecule has 0 aliphatic carbocycles. The molecule has 0 aliphatic rings. The molecule has 1 aromatic heterocycles. The standard InChI is InChI=1S/C20H25N3O3/c1-16(24)23(13-10-17-6-8-19(26-2)9-7-17)14-11-20(25)22-15-18-5-3-4-12-21-18/h3-9,12H,10-11,13-15H2,1-2H3,(H,22,25). The first kappa shape index (κ1) is 19.4. The van der Waals surface area contributed by atoms with E-state index < -0.39 is 0 Å². The number of pyridine rings is 1. The van der Waals surface area contributed by atoms with Crippen LogP contribution in [-0.4, -0.2) is 41.9 Å². The van der Waals surface area contributed by atoms with Crippen molar-refractivity contribution in [3.05, 3.63) is 59.9 Å². The normalized spacial score (nSPS) is 10.2. The summed E-state index contributed by atoms with van der Waals surface area (Å²) in [7, 11) is 1.63. The Bertz CT molecular complexity index is 702. The van der Waals surface area contributed by atoms with Gasteiger partial charge in [-0.15, -0.1) is 0 Å². The number of nitrogens with one attached hydrogen (secondary N) is 1. The van der Waals surface area contributed by atoms with E-state index in [0.29, 0.717) is 19.6 Å². The molecule has 1 N–H and O–H groups in total. The molecule has 0 saturated heterocycles. The molecule has 2 rings (SSSR count). The number of methoxy groups -OCH3 is 1. The maximum Gasteiger partial charge on any atom is 0.222 e. The molecular formula is C20H25N3O3. The first-order valence-electron chi connectivity index (χ1n) is 8.63. The van der Waals surface area contributed by atoms with Crippen LogP contribution in [0.2, 0.25) is 0 Å². The zero-order valence-electron chi connectivity index (χ0n) is 15.3. The zero-order valence-corrected chi connectivity index (χ0v) is 15.3. The van der Waals surface area contributed by atoms with Gasteiger partial charge in [-0.25, -0.2) is 0 Å². The molecule has 0 aliphatic heterocycles. The molecule has 0 fully saturated rings. The third-order valence-electron chi connectivity index (χ3n) is 4.08. The Morgan fingerprint density at radius 1 is 1.12 bits per heavy atom. The fraction of sp³-hybridized carbons (Fsp3) is 0.350. The number of rotatable bonds is 9. The Hall–Kier alpha value is -2.89. The van der Waals surface area contributed by atoms with Crippen molar-refractivity contribution in [1.29, 1.82) is 0 Å². The first-order valence-corrected chi connectivity index (χ1v) is 8.63. The Morgan fingerprint density at radius 2 is 1.88 bits per heavy atom. The van der Waals surface area contributed by atoms with Crippen LogP contribution >= 0.6 is 0 Å². The van der Waals surface area contributed by atoms with Crippen molar-refractivity contribution < 1.29 is 14.3 Å². The van der Waals surface area contributed by atoms with Gasteiger partial charge in [-0.2, -0.15) is 0 Å². The molecule has 26 heavy (non-hydrogen) atoms. The van der Waals surface area contributed by atoms with Crippen molar-refractivity contribution in [2.24, 2.45) is 0 Å². The predicted molar refractivity (Wildman–Crippen MR) is 99.7 cm³/mol. The van der Waals surface area contributed by atoms with Crippen LogP contribution < -0.4 is 10.1 Å². The number of hydrogen-bond donors (Lipinski definition) is 1. The van der Waals surface area contributed by atoms with E-state index in [-0.39, 0.29) is 18.2 Å². The third kappa shape index (κ3) is 6.55. The van der Waals surface area contributed by atoms with Crippen LogP contribution in [0.1, 0.15) is 24.6 Å². The minimum absolute atomic E-state index is 0.0314. The van der Waals surface area contributed by atoms with Crippen LogP contribution in [0.5, 0.6) is 5.75 Å². The highest BCUT2D eigenvalue weighted by Gasteiger charge is 2.11. The fourth-order valence-electron chi connectivity index (χ4n) is 2.50. The van der Waals surface area contributed by atoms with Crippen molar-refractivity contribution in [2.75, 3.05) is 20.2 Å². The lowest BCUT2D eigenvalue weighted by Crippen LogP contribution is -2.35. The van der Waals surface area contributed by atoms with Crippen LogP contribution in [0.25, 0.3) is 0 Å². The second kappa shape index (κ2) is 10.2. The van der Waals surface area contributed by atoms with Gasteiger partial charge in [0.25, 0.3) is 0 Å². The SMILES string of the molecule is COc1ccc(CCN(CCC(=O)NCc2ccccn2)C(C)=O)cc1. The molecule has 6 nitrogen and oxygen atoms in total. The summed E-state index contributed by atoms with van der Waals surface area (Å²) in [6.45, 7) is 2.90. The van der Waals surface area contributed by atoms with E-state index in [1.54, 1.807) is 18.2 Å². The number of nitrogens with zero attached hydrogens (tertiary/aromatic N) is 2. The molecule has 2 amide bonds. The number of hydrogen-bond acceptors (Lipinski definition) is 4. The van der Waals surface area contributed by atoms with Crippen molar-refractivity contribution >= 4 is 11.8 Å².